The first-order valence-corrected chi connectivity index (χ1v) is 9.98. The first kappa shape index (κ1) is 18.9. The Morgan fingerprint density at radius 3 is 2.55 bits per heavy atom. The van der Waals surface area contributed by atoms with Gasteiger partial charge in [-0.2, -0.15) is 0 Å². The second-order valence-electron chi connectivity index (χ2n) is 6.78. The molecule has 1 fully saturated rings. The summed E-state index contributed by atoms with van der Waals surface area (Å²) in [5, 5.41) is 11.8. The van der Waals surface area contributed by atoms with Crippen LogP contribution in [0.3, 0.4) is 0 Å². The molecule has 0 bridgehead atoms. The summed E-state index contributed by atoms with van der Waals surface area (Å²) in [7, 11) is 0. The van der Waals surface area contributed by atoms with E-state index in [9.17, 15) is 0 Å². The minimum Gasteiger partial charge on any atom is -0.357 e. The van der Waals surface area contributed by atoms with Gasteiger partial charge in [0.05, 0.1) is 0 Å². The Balaban J connectivity index is 1.44. The van der Waals surface area contributed by atoms with Gasteiger partial charge in [0.15, 0.2) is 11.8 Å². The highest BCUT2D eigenvalue weighted by Gasteiger charge is 2.20. The Bertz CT molecular complexity index is 914. The minimum atomic E-state index is 0.470. The third-order valence-corrected chi connectivity index (χ3v) is 4.91. The van der Waals surface area contributed by atoms with Gasteiger partial charge in [-0.05, 0) is 31.2 Å². The lowest BCUT2D eigenvalue weighted by Gasteiger charge is -2.37. The normalized spacial score (nSPS) is 14.9. The summed E-state index contributed by atoms with van der Waals surface area (Å²) >= 11 is 0. The fourth-order valence-corrected chi connectivity index (χ4v) is 3.43. The number of hydrogen-bond acceptors (Lipinski definition) is 5. The number of hydrogen-bond donors (Lipinski definition) is 1. The zero-order chi connectivity index (χ0) is 19.9. The molecular formula is C21H26N8. The van der Waals surface area contributed by atoms with Crippen LogP contribution in [0.5, 0.6) is 0 Å². The largest absolute Gasteiger partial charge is 0.357 e. The van der Waals surface area contributed by atoms with E-state index in [1.54, 1.807) is 6.33 Å². The molecule has 0 aliphatic carbocycles. The molecule has 2 aromatic heterocycles. The van der Waals surface area contributed by atoms with Gasteiger partial charge < -0.3 is 15.1 Å². The molecule has 0 atom stereocenters. The lowest BCUT2D eigenvalue weighted by molar-refractivity contribution is 0.371. The van der Waals surface area contributed by atoms with Crippen LogP contribution < -0.4 is 10.2 Å². The molecule has 0 saturated carbocycles. The molecule has 3 aromatic rings. The number of para-hydroxylation sites is 1. The van der Waals surface area contributed by atoms with Gasteiger partial charge in [0.2, 0.25) is 0 Å². The molecule has 150 valence electrons. The van der Waals surface area contributed by atoms with Crippen LogP contribution in [-0.2, 0) is 6.54 Å². The molecule has 1 saturated heterocycles. The maximum atomic E-state index is 4.84. The van der Waals surface area contributed by atoms with E-state index in [0.717, 1.165) is 56.0 Å². The number of aromatic nitrogens is 4. The first-order chi connectivity index (χ1) is 14.3. The van der Waals surface area contributed by atoms with Crippen molar-refractivity contribution in [2.75, 3.05) is 37.6 Å². The molecule has 4 rings (SSSR count). The second kappa shape index (κ2) is 9.18. The van der Waals surface area contributed by atoms with Crippen molar-refractivity contribution in [3.63, 3.8) is 0 Å². The van der Waals surface area contributed by atoms with E-state index >= 15 is 0 Å². The molecular weight excluding hydrogens is 364 g/mol. The zero-order valence-corrected chi connectivity index (χ0v) is 16.6. The maximum absolute atomic E-state index is 4.84. The Morgan fingerprint density at radius 1 is 1.03 bits per heavy atom. The number of piperazine rings is 1. The van der Waals surface area contributed by atoms with E-state index in [1.165, 1.54) is 0 Å². The molecule has 8 nitrogen and oxygen atoms in total. The lowest BCUT2D eigenvalue weighted by Crippen LogP contribution is -2.52. The Kier molecular flexibility index (Phi) is 5.99. The van der Waals surface area contributed by atoms with Crippen molar-refractivity contribution in [2.45, 2.75) is 13.5 Å². The van der Waals surface area contributed by atoms with Gasteiger partial charge in [-0.15, -0.1) is 10.2 Å². The smallest absolute Gasteiger partial charge is 0.194 e. The number of guanidine groups is 1. The fraction of sp³-hybridized carbons (Fsp3) is 0.333. The minimum absolute atomic E-state index is 0.470. The van der Waals surface area contributed by atoms with Crippen LogP contribution in [0.2, 0.25) is 0 Å². The van der Waals surface area contributed by atoms with Crippen LogP contribution in [0, 0.1) is 0 Å². The van der Waals surface area contributed by atoms with E-state index < -0.39 is 0 Å². The van der Waals surface area contributed by atoms with Crippen molar-refractivity contribution in [3.05, 3.63) is 66.9 Å². The van der Waals surface area contributed by atoms with Crippen molar-refractivity contribution in [1.82, 2.24) is 30.0 Å². The third kappa shape index (κ3) is 4.53. The number of anilines is 1. The maximum Gasteiger partial charge on any atom is 0.194 e. The highest BCUT2D eigenvalue weighted by atomic mass is 15.4. The second-order valence-corrected chi connectivity index (χ2v) is 6.78. The van der Waals surface area contributed by atoms with Crippen LogP contribution in [0.1, 0.15) is 12.7 Å². The van der Waals surface area contributed by atoms with Crippen molar-refractivity contribution < 1.29 is 0 Å². The Hall–Kier alpha value is -3.42. The average Bonchev–Trinajstić information content (AvgIpc) is 3.27. The fourth-order valence-electron chi connectivity index (χ4n) is 3.43. The molecule has 3 heterocycles. The lowest BCUT2D eigenvalue weighted by atomic mass is 10.3. The van der Waals surface area contributed by atoms with E-state index in [1.807, 2.05) is 53.2 Å². The monoisotopic (exact) mass is 390 g/mol. The Labute approximate surface area is 170 Å². The summed E-state index contributed by atoms with van der Waals surface area (Å²) in [5.41, 5.74) is 1.04. The van der Waals surface area contributed by atoms with Gasteiger partial charge in [-0.1, -0.05) is 24.3 Å². The van der Waals surface area contributed by atoms with Gasteiger partial charge in [-0.3, -0.25) is 4.57 Å². The zero-order valence-electron chi connectivity index (χ0n) is 16.6. The van der Waals surface area contributed by atoms with Gasteiger partial charge >= 0.3 is 0 Å². The molecule has 0 radical (unpaired) electrons. The van der Waals surface area contributed by atoms with Crippen LogP contribution in [0.4, 0.5) is 5.82 Å². The molecule has 0 amide bonds. The molecule has 1 aromatic carbocycles. The van der Waals surface area contributed by atoms with Crippen molar-refractivity contribution in [1.29, 1.82) is 0 Å². The van der Waals surface area contributed by atoms with Crippen LogP contribution in [-0.4, -0.2) is 63.3 Å². The number of nitrogens with one attached hydrogen (secondary N) is 1. The number of nitrogens with zero attached hydrogens (tertiary/aromatic N) is 7. The van der Waals surface area contributed by atoms with Crippen LogP contribution >= 0.6 is 0 Å². The summed E-state index contributed by atoms with van der Waals surface area (Å²) in [6, 6.07) is 16.1. The molecule has 0 unspecified atom stereocenters. The van der Waals surface area contributed by atoms with Crippen molar-refractivity contribution >= 4 is 11.8 Å². The van der Waals surface area contributed by atoms with E-state index in [-0.39, 0.29) is 0 Å². The summed E-state index contributed by atoms with van der Waals surface area (Å²) in [6.07, 6.45) is 3.58. The predicted octanol–water partition coefficient (Wildman–Crippen LogP) is 1.95. The van der Waals surface area contributed by atoms with Crippen molar-refractivity contribution in [2.24, 2.45) is 4.99 Å². The summed E-state index contributed by atoms with van der Waals surface area (Å²) in [5.74, 6) is 2.76. The van der Waals surface area contributed by atoms with Gasteiger partial charge in [0.1, 0.15) is 18.7 Å². The van der Waals surface area contributed by atoms with Gasteiger partial charge in [0, 0.05) is 44.6 Å². The predicted molar refractivity (Wildman–Crippen MR) is 114 cm³/mol. The summed E-state index contributed by atoms with van der Waals surface area (Å²) < 4.78 is 1.98. The molecule has 0 spiro atoms. The third-order valence-electron chi connectivity index (χ3n) is 4.91. The Morgan fingerprint density at radius 2 is 1.83 bits per heavy atom. The van der Waals surface area contributed by atoms with E-state index in [4.69, 9.17) is 4.99 Å². The van der Waals surface area contributed by atoms with Crippen molar-refractivity contribution in [3.8, 4) is 5.69 Å². The summed E-state index contributed by atoms with van der Waals surface area (Å²) in [4.78, 5) is 13.9. The highest BCUT2D eigenvalue weighted by Crippen LogP contribution is 2.13. The van der Waals surface area contributed by atoms with Gasteiger partial charge in [0.25, 0.3) is 0 Å². The number of aliphatic imine (C=N–C) groups is 1. The molecule has 1 aliphatic rings. The van der Waals surface area contributed by atoms with E-state index in [0.29, 0.717) is 6.54 Å². The topological polar surface area (TPSA) is 74.5 Å². The van der Waals surface area contributed by atoms with Crippen LogP contribution in [0.25, 0.3) is 5.69 Å². The molecule has 1 N–H and O–H groups in total. The number of benzene rings is 1. The number of pyridine rings is 1. The van der Waals surface area contributed by atoms with E-state index in [2.05, 4.69) is 43.3 Å². The standard InChI is InChI=1S/C21H26N8/c1-2-22-21(28-14-12-27(13-15-28)19-10-6-7-11-23-19)24-16-20-26-25-17-29(20)18-8-4-3-5-9-18/h3-11,17H,2,12-16H2,1H3,(H,22,24). The molecule has 29 heavy (non-hydrogen) atoms. The quantitative estimate of drug-likeness (QED) is 0.530. The molecule has 8 heteroatoms. The SMILES string of the molecule is CCNC(=NCc1nncn1-c1ccccc1)N1CCN(c2ccccn2)CC1. The summed E-state index contributed by atoms with van der Waals surface area (Å²) in [6.45, 7) is 7.01. The average molecular weight is 390 g/mol. The molecule has 1 aliphatic heterocycles. The van der Waals surface area contributed by atoms with Crippen LogP contribution in [0.15, 0.2) is 66.0 Å². The number of rotatable bonds is 5. The van der Waals surface area contributed by atoms with Gasteiger partial charge in [-0.25, -0.2) is 9.98 Å². The first-order valence-electron chi connectivity index (χ1n) is 9.98. The highest BCUT2D eigenvalue weighted by molar-refractivity contribution is 5.80.